The lowest BCUT2D eigenvalue weighted by Crippen LogP contribution is -2.50. The topological polar surface area (TPSA) is 49.9 Å². The van der Waals surface area contributed by atoms with Gasteiger partial charge in [-0.2, -0.15) is 0 Å². The summed E-state index contributed by atoms with van der Waals surface area (Å²) in [5.74, 6) is 1.11. The summed E-state index contributed by atoms with van der Waals surface area (Å²) in [6, 6.07) is 23.2. The van der Waals surface area contributed by atoms with E-state index in [2.05, 4.69) is 24.3 Å². The average molecular weight is 445 g/mol. The number of carbonyl (C=O) groups excluding carboxylic acids is 2. The van der Waals surface area contributed by atoms with Gasteiger partial charge in [0.2, 0.25) is 0 Å². The number of thioether (sulfide) groups is 1. The first-order valence-electron chi connectivity index (χ1n) is 10.6. The summed E-state index contributed by atoms with van der Waals surface area (Å²) < 4.78 is 5.30. The highest BCUT2D eigenvalue weighted by Crippen LogP contribution is 2.54. The second kappa shape index (κ2) is 8.02. The second-order valence-corrected chi connectivity index (χ2v) is 9.36. The molecule has 1 saturated heterocycles. The van der Waals surface area contributed by atoms with Crippen molar-refractivity contribution in [2.24, 2.45) is 0 Å². The van der Waals surface area contributed by atoms with Gasteiger partial charge in [0.1, 0.15) is 5.75 Å². The van der Waals surface area contributed by atoms with E-state index in [-0.39, 0.29) is 11.8 Å². The van der Waals surface area contributed by atoms with Crippen LogP contribution in [-0.4, -0.2) is 36.1 Å². The molecule has 0 radical (unpaired) electrons. The summed E-state index contributed by atoms with van der Waals surface area (Å²) in [5, 5.41) is 0. The van der Waals surface area contributed by atoms with Gasteiger partial charge in [-0.3, -0.25) is 9.59 Å². The van der Waals surface area contributed by atoms with Crippen molar-refractivity contribution in [3.63, 3.8) is 0 Å². The quantitative estimate of drug-likeness (QED) is 0.591. The Bertz CT molecular complexity index is 1190. The highest BCUT2D eigenvalue weighted by atomic mass is 32.2. The van der Waals surface area contributed by atoms with Crippen LogP contribution in [0.4, 0.5) is 5.69 Å². The van der Waals surface area contributed by atoms with Crippen LogP contribution in [0.2, 0.25) is 0 Å². The number of amides is 2. The minimum atomic E-state index is -1.04. The molecule has 3 aromatic rings. The van der Waals surface area contributed by atoms with E-state index in [1.807, 2.05) is 42.2 Å². The van der Waals surface area contributed by atoms with Crippen LogP contribution in [0.15, 0.2) is 72.8 Å². The number of anilines is 1. The van der Waals surface area contributed by atoms with Crippen LogP contribution in [0.1, 0.15) is 27.0 Å². The van der Waals surface area contributed by atoms with Crippen LogP contribution in [0.5, 0.6) is 5.75 Å². The number of para-hydroxylation sites is 1. The molecule has 0 aromatic heterocycles. The summed E-state index contributed by atoms with van der Waals surface area (Å²) in [5.41, 5.74) is 4.52. The number of rotatable bonds is 4. The number of hydrogen-bond acceptors (Lipinski definition) is 4. The van der Waals surface area contributed by atoms with Crippen molar-refractivity contribution in [3.05, 3.63) is 95.1 Å². The molecular formula is C26H24N2O3S. The van der Waals surface area contributed by atoms with Crippen molar-refractivity contribution in [2.45, 2.75) is 18.3 Å². The summed E-state index contributed by atoms with van der Waals surface area (Å²) in [7, 11) is 1.58. The second-order valence-electron chi connectivity index (χ2n) is 8.08. The van der Waals surface area contributed by atoms with Gasteiger partial charge in [-0.05, 0) is 36.8 Å². The van der Waals surface area contributed by atoms with E-state index >= 15 is 0 Å². The number of nitrogens with zero attached hydrogens (tertiary/aromatic N) is 2. The van der Waals surface area contributed by atoms with Gasteiger partial charge in [0, 0.05) is 23.4 Å². The molecule has 2 heterocycles. The van der Waals surface area contributed by atoms with E-state index < -0.39 is 4.87 Å². The van der Waals surface area contributed by atoms with Crippen LogP contribution in [0, 0.1) is 6.92 Å². The molecule has 2 aliphatic rings. The lowest BCUT2D eigenvalue weighted by atomic mass is 10.0. The van der Waals surface area contributed by atoms with Crippen molar-refractivity contribution in [2.75, 3.05) is 24.3 Å². The van der Waals surface area contributed by atoms with E-state index in [1.54, 1.807) is 42.0 Å². The van der Waals surface area contributed by atoms with Crippen molar-refractivity contribution in [1.82, 2.24) is 4.90 Å². The molecular weight excluding hydrogens is 420 g/mol. The van der Waals surface area contributed by atoms with Gasteiger partial charge in [-0.15, -0.1) is 11.8 Å². The smallest absolute Gasteiger partial charge is 0.268 e. The zero-order chi connectivity index (χ0) is 22.3. The number of ether oxygens (including phenoxy) is 1. The summed E-state index contributed by atoms with van der Waals surface area (Å²) >= 11 is 1.54. The maximum atomic E-state index is 14.0. The van der Waals surface area contributed by atoms with Crippen LogP contribution >= 0.6 is 11.8 Å². The Labute approximate surface area is 192 Å². The molecule has 0 saturated carbocycles. The molecule has 1 atom stereocenters. The van der Waals surface area contributed by atoms with Crippen LogP contribution in [0.25, 0.3) is 0 Å². The molecule has 0 bridgehead atoms. The van der Waals surface area contributed by atoms with E-state index in [0.717, 1.165) is 16.8 Å². The van der Waals surface area contributed by atoms with Crippen molar-refractivity contribution < 1.29 is 14.3 Å². The Morgan fingerprint density at radius 2 is 1.84 bits per heavy atom. The Hall–Kier alpha value is -3.25. The van der Waals surface area contributed by atoms with Gasteiger partial charge in [0.25, 0.3) is 11.8 Å². The molecule has 2 aliphatic heterocycles. The molecule has 0 aliphatic carbocycles. The van der Waals surface area contributed by atoms with Gasteiger partial charge in [0.05, 0.1) is 19.3 Å². The maximum Gasteiger partial charge on any atom is 0.268 e. The molecule has 5 rings (SSSR count). The first kappa shape index (κ1) is 20.6. The SMILES string of the molecule is COc1cccc(C(=O)N2CCS[C@]23C(=O)N(Cc2ccc(C)cc2)c2ccccc23)c1. The van der Waals surface area contributed by atoms with Gasteiger partial charge in [0.15, 0.2) is 4.87 Å². The number of aryl methyl sites for hydroxylation is 1. The average Bonchev–Trinajstić information content (AvgIpc) is 3.37. The predicted octanol–water partition coefficient (Wildman–Crippen LogP) is 4.59. The number of carbonyl (C=O) groups is 2. The number of hydrogen-bond donors (Lipinski definition) is 0. The largest absolute Gasteiger partial charge is 0.497 e. The van der Waals surface area contributed by atoms with Gasteiger partial charge < -0.3 is 14.5 Å². The zero-order valence-electron chi connectivity index (χ0n) is 18.1. The molecule has 1 fully saturated rings. The molecule has 1 spiro atoms. The number of benzene rings is 3. The molecule has 5 nitrogen and oxygen atoms in total. The van der Waals surface area contributed by atoms with Crippen molar-refractivity contribution in [1.29, 1.82) is 0 Å². The third-order valence-corrected chi connectivity index (χ3v) is 7.54. The fourth-order valence-corrected chi connectivity index (χ4v) is 5.97. The summed E-state index contributed by atoms with van der Waals surface area (Å²) in [6.07, 6.45) is 0. The molecule has 0 unspecified atom stereocenters. The number of methoxy groups -OCH3 is 1. The summed E-state index contributed by atoms with van der Waals surface area (Å²) in [6.45, 7) is 3.03. The minimum Gasteiger partial charge on any atom is -0.497 e. The van der Waals surface area contributed by atoms with E-state index in [4.69, 9.17) is 4.74 Å². The molecule has 162 valence electrons. The third-order valence-electron chi connectivity index (χ3n) is 6.12. The van der Waals surface area contributed by atoms with E-state index in [1.165, 1.54) is 5.56 Å². The monoisotopic (exact) mass is 444 g/mol. The lowest BCUT2D eigenvalue weighted by Gasteiger charge is -2.33. The van der Waals surface area contributed by atoms with E-state index in [0.29, 0.717) is 30.2 Å². The minimum absolute atomic E-state index is 0.0574. The third kappa shape index (κ3) is 3.17. The standard InChI is InChI=1S/C26H24N2O3S/c1-18-10-12-19(13-11-18)17-27-23-9-4-3-8-22(23)26(25(27)30)28(14-15-32-26)24(29)20-6-5-7-21(16-20)31-2/h3-13,16H,14-15,17H2,1-2H3/t26-/m1/s1. The van der Waals surface area contributed by atoms with Crippen molar-refractivity contribution >= 4 is 29.3 Å². The van der Waals surface area contributed by atoms with E-state index in [9.17, 15) is 9.59 Å². The highest BCUT2D eigenvalue weighted by Gasteiger charge is 2.59. The highest BCUT2D eigenvalue weighted by molar-refractivity contribution is 8.01. The lowest BCUT2D eigenvalue weighted by molar-refractivity contribution is -0.123. The zero-order valence-corrected chi connectivity index (χ0v) is 18.9. The van der Waals surface area contributed by atoms with Gasteiger partial charge >= 0.3 is 0 Å². The van der Waals surface area contributed by atoms with Gasteiger partial charge in [-0.25, -0.2) is 0 Å². The fourth-order valence-electron chi connectivity index (χ4n) is 4.51. The molecule has 2 amide bonds. The van der Waals surface area contributed by atoms with Crippen molar-refractivity contribution in [3.8, 4) is 5.75 Å². The fraction of sp³-hybridized carbons (Fsp3) is 0.231. The molecule has 6 heteroatoms. The normalized spacial score (nSPS) is 19.5. The summed E-state index contributed by atoms with van der Waals surface area (Å²) in [4.78, 5) is 30.2. The molecule has 0 N–H and O–H groups in total. The van der Waals surface area contributed by atoms with Crippen LogP contribution in [-0.2, 0) is 16.2 Å². The number of fused-ring (bicyclic) bond motifs is 2. The Morgan fingerprint density at radius 3 is 2.62 bits per heavy atom. The Balaban J connectivity index is 1.55. The maximum absolute atomic E-state index is 14.0. The predicted molar refractivity (Wildman–Crippen MR) is 127 cm³/mol. The van der Waals surface area contributed by atoms with Crippen LogP contribution in [0.3, 0.4) is 0 Å². The first-order chi connectivity index (χ1) is 15.5. The molecule has 32 heavy (non-hydrogen) atoms. The van der Waals surface area contributed by atoms with Crippen LogP contribution < -0.4 is 9.64 Å². The Morgan fingerprint density at radius 1 is 1.06 bits per heavy atom. The Kier molecular flexibility index (Phi) is 5.18. The first-order valence-corrected chi connectivity index (χ1v) is 11.6. The van der Waals surface area contributed by atoms with Gasteiger partial charge in [-0.1, -0.05) is 54.1 Å². The molecule has 3 aromatic carbocycles.